The molecule has 0 aliphatic rings. The minimum Gasteiger partial charge on any atom is -0.496 e. The van der Waals surface area contributed by atoms with Gasteiger partial charge in [-0.2, -0.15) is 0 Å². The third-order valence-electron chi connectivity index (χ3n) is 4.42. The van der Waals surface area contributed by atoms with Crippen molar-refractivity contribution in [2.24, 2.45) is 0 Å². The van der Waals surface area contributed by atoms with Crippen LogP contribution in [0.3, 0.4) is 0 Å². The average molecular weight is 378 g/mol. The molecule has 2 aromatic carbocycles. The number of halogens is 2. The Morgan fingerprint density at radius 1 is 0.964 bits per heavy atom. The van der Waals surface area contributed by atoms with Crippen LogP contribution in [0.2, 0.25) is 0 Å². The Balaban J connectivity index is 2.06. The monoisotopic (exact) mass is 378 g/mol. The highest BCUT2D eigenvalue weighted by molar-refractivity contribution is 6.03. The van der Waals surface area contributed by atoms with Crippen LogP contribution in [0.4, 0.5) is 14.6 Å². The van der Waals surface area contributed by atoms with Gasteiger partial charge in [0.15, 0.2) is 17.5 Å². The van der Waals surface area contributed by atoms with E-state index in [0.29, 0.717) is 39.4 Å². The first kappa shape index (κ1) is 17.8. The van der Waals surface area contributed by atoms with Crippen LogP contribution in [0.1, 0.15) is 0 Å². The van der Waals surface area contributed by atoms with Crippen LogP contribution in [0.5, 0.6) is 5.75 Å². The van der Waals surface area contributed by atoms with Gasteiger partial charge in [0.05, 0.1) is 18.0 Å². The quantitative estimate of drug-likeness (QED) is 0.558. The van der Waals surface area contributed by atoms with Gasteiger partial charge in [0, 0.05) is 30.6 Å². The number of hydrogen-bond acceptors (Lipinski definition) is 5. The maximum atomic E-state index is 13.8. The van der Waals surface area contributed by atoms with Gasteiger partial charge in [0.1, 0.15) is 11.6 Å². The molecule has 0 amide bonds. The summed E-state index contributed by atoms with van der Waals surface area (Å²) in [5, 5.41) is 3.72. The molecule has 0 saturated carbocycles. The SMILES string of the molecule is CNc1nc(-c2cccnc2)nc2c(-c3ccc(F)c(F)c3)ccc(OC)c12. The zero-order valence-corrected chi connectivity index (χ0v) is 15.2. The molecule has 5 nitrogen and oxygen atoms in total. The van der Waals surface area contributed by atoms with Crippen molar-refractivity contribution in [2.45, 2.75) is 0 Å². The summed E-state index contributed by atoms with van der Waals surface area (Å²) < 4.78 is 32.7. The lowest BCUT2D eigenvalue weighted by atomic mass is 10.0. The molecule has 0 saturated heterocycles. The Morgan fingerprint density at radius 3 is 2.50 bits per heavy atom. The lowest BCUT2D eigenvalue weighted by Crippen LogP contribution is -2.02. The summed E-state index contributed by atoms with van der Waals surface area (Å²) in [5.41, 5.74) is 2.44. The topological polar surface area (TPSA) is 59.9 Å². The van der Waals surface area contributed by atoms with E-state index >= 15 is 0 Å². The maximum Gasteiger partial charge on any atom is 0.163 e. The van der Waals surface area contributed by atoms with Gasteiger partial charge in [0.25, 0.3) is 0 Å². The van der Waals surface area contributed by atoms with E-state index in [2.05, 4.69) is 15.3 Å². The van der Waals surface area contributed by atoms with E-state index in [-0.39, 0.29) is 0 Å². The highest BCUT2D eigenvalue weighted by Gasteiger charge is 2.18. The standard InChI is InChI=1S/C21H16F2N4O/c1-24-21-18-17(28-2)8-6-14(12-5-7-15(22)16(23)10-12)19(18)26-20(27-21)13-4-3-9-25-11-13/h3-11H,1-2H3,(H,24,26,27). The van der Waals surface area contributed by atoms with Gasteiger partial charge in [-0.1, -0.05) is 6.07 Å². The van der Waals surface area contributed by atoms with Gasteiger partial charge in [0.2, 0.25) is 0 Å². The number of nitrogens with zero attached hydrogens (tertiary/aromatic N) is 3. The number of methoxy groups -OCH3 is 1. The molecule has 140 valence electrons. The predicted molar refractivity (Wildman–Crippen MR) is 104 cm³/mol. The molecule has 0 fully saturated rings. The van der Waals surface area contributed by atoms with Gasteiger partial charge in [-0.05, 0) is 42.0 Å². The molecule has 0 bridgehead atoms. The highest BCUT2D eigenvalue weighted by atomic mass is 19.2. The summed E-state index contributed by atoms with van der Waals surface area (Å²) in [7, 11) is 3.30. The van der Waals surface area contributed by atoms with Crippen molar-refractivity contribution < 1.29 is 13.5 Å². The zero-order chi connectivity index (χ0) is 19.7. The second-order valence-electron chi connectivity index (χ2n) is 6.06. The van der Waals surface area contributed by atoms with Crippen molar-refractivity contribution in [1.82, 2.24) is 15.0 Å². The fraction of sp³-hybridized carbons (Fsp3) is 0.0952. The Kier molecular flexibility index (Phi) is 4.57. The second-order valence-corrected chi connectivity index (χ2v) is 6.06. The Labute approximate surface area is 160 Å². The van der Waals surface area contributed by atoms with Crippen LogP contribution in [0, 0.1) is 11.6 Å². The van der Waals surface area contributed by atoms with Crippen molar-refractivity contribution in [1.29, 1.82) is 0 Å². The molecule has 1 N–H and O–H groups in total. The van der Waals surface area contributed by atoms with E-state index in [1.165, 1.54) is 6.07 Å². The van der Waals surface area contributed by atoms with Crippen molar-refractivity contribution in [3.8, 4) is 28.3 Å². The Morgan fingerprint density at radius 2 is 1.82 bits per heavy atom. The van der Waals surface area contributed by atoms with E-state index < -0.39 is 11.6 Å². The minimum absolute atomic E-state index is 0.460. The van der Waals surface area contributed by atoms with Gasteiger partial charge < -0.3 is 10.1 Å². The molecule has 0 unspecified atom stereocenters. The van der Waals surface area contributed by atoms with Crippen LogP contribution in [0.25, 0.3) is 33.4 Å². The molecule has 4 aromatic rings. The van der Waals surface area contributed by atoms with Gasteiger partial charge in [-0.15, -0.1) is 0 Å². The molecule has 2 heterocycles. The van der Waals surface area contributed by atoms with E-state index in [1.807, 2.05) is 6.07 Å². The first-order valence-electron chi connectivity index (χ1n) is 8.54. The number of rotatable bonds is 4. The third kappa shape index (κ3) is 3.00. The number of benzene rings is 2. The Hall–Kier alpha value is -3.61. The minimum atomic E-state index is -0.920. The Bertz CT molecular complexity index is 1170. The van der Waals surface area contributed by atoms with Gasteiger partial charge >= 0.3 is 0 Å². The molecular weight excluding hydrogens is 362 g/mol. The molecule has 0 spiro atoms. The molecular formula is C21H16F2N4O. The van der Waals surface area contributed by atoms with Crippen LogP contribution in [-0.4, -0.2) is 29.1 Å². The first-order chi connectivity index (χ1) is 13.6. The van der Waals surface area contributed by atoms with Gasteiger partial charge in [-0.3, -0.25) is 4.98 Å². The number of hydrogen-bond donors (Lipinski definition) is 1. The summed E-state index contributed by atoms with van der Waals surface area (Å²) >= 11 is 0. The molecule has 0 aliphatic carbocycles. The molecule has 28 heavy (non-hydrogen) atoms. The molecule has 7 heteroatoms. The number of pyridine rings is 1. The van der Waals surface area contributed by atoms with Crippen LogP contribution in [0.15, 0.2) is 54.9 Å². The first-order valence-corrected chi connectivity index (χ1v) is 8.54. The van der Waals surface area contributed by atoms with Gasteiger partial charge in [-0.25, -0.2) is 18.7 Å². The summed E-state index contributed by atoms with van der Waals surface area (Å²) in [4.78, 5) is 13.4. The summed E-state index contributed by atoms with van der Waals surface area (Å²) in [6, 6.07) is 10.9. The fourth-order valence-corrected chi connectivity index (χ4v) is 3.08. The number of fused-ring (bicyclic) bond motifs is 1. The van der Waals surface area contributed by atoms with Crippen molar-refractivity contribution in [3.63, 3.8) is 0 Å². The number of ether oxygens (including phenoxy) is 1. The van der Waals surface area contributed by atoms with Crippen molar-refractivity contribution in [2.75, 3.05) is 19.5 Å². The predicted octanol–water partition coefficient (Wildman–Crippen LogP) is 4.69. The van der Waals surface area contributed by atoms with Crippen molar-refractivity contribution >= 4 is 16.7 Å². The second kappa shape index (κ2) is 7.19. The molecule has 0 atom stereocenters. The van der Waals surface area contributed by atoms with E-state index in [4.69, 9.17) is 9.72 Å². The zero-order valence-electron chi connectivity index (χ0n) is 15.2. The number of anilines is 1. The normalized spacial score (nSPS) is 10.9. The van der Waals surface area contributed by atoms with Crippen LogP contribution in [-0.2, 0) is 0 Å². The van der Waals surface area contributed by atoms with E-state index in [9.17, 15) is 8.78 Å². The lowest BCUT2D eigenvalue weighted by Gasteiger charge is -2.15. The van der Waals surface area contributed by atoms with E-state index in [1.54, 1.807) is 44.8 Å². The maximum absolute atomic E-state index is 13.8. The lowest BCUT2D eigenvalue weighted by molar-refractivity contribution is 0.420. The number of aromatic nitrogens is 3. The summed E-state index contributed by atoms with van der Waals surface area (Å²) in [6.07, 6.45) is 3.33. The average Bonchev–Trinajstić information content (AvgIpc) is 2.74. The van der Waals surface area contributed by atoms with Crippen LogP contribution < -0.4 is 10.1 Å². The highest BCUT2D eigenvalue weighted by Crippen LogP contribution is 2.38. The molecule has 0 aliphatic heterocycles. The molecule has 4 rings (SSSR count). The smallest absolute Gasteiger partial charge is 0.163 e. The summed E-state index contributed by atoms with van der Waals surface area (Å²) in [6.45, 7) is 0. The summed E-state index contributed by atoms with van der Waals surface area (Å²) in [5.74, 6) is -0.226. The van der Waals surface area contributed by atoms with Crippen molar-refractivity contribution in [3.05, 3.63) is 66.5 Å². The third-order valence-corrected chi connectivity index (χ3v) is 4.42. The molecule has 0 radical (unpaired) electrons. The fourth-order valence-electron chi connectivity index (χ4n) is 3.08. The molecule has 2 aromatic heterocycles. The number of nitrogens with one attached hydrogen (secondary N) is 1. The van der Waals surface area contributed by atoms with E-state index in [0.717, 1.165) is 17.7 Å². The van der Waals surface area contributed by atoms with Crippen LogP contribution >= 0.6 is 0 Å². The largest absolute Gasteiger partial charge is 0.496 e.